The summed E-state index contributed by atoms with van der Waals surface area (Å²) in [5.41, 5.74) is -0.0790. The van der Waals surface area contributed by atoms with E-state index in [0.717, 1.165) is 64.1 Å². The van der Waals surface area contributed by atoms with E-state index in [1.165, 1.54) is 38.5 Å². The second-order valence-electron chi connectivity index (χ2n) is 11.1. The summed E-state index contributed by atoms with van der Waals surface area (Å²) in [6.45, 7) is 10.8. The summed E-state index contributed by atoms with van der Waals surface area (Å²) in [5, 5.41) is 11.8. The third-order valence-corrected chi connectivity index (χ3v) is 6.64. The molecular weight excluding hydrogens is 458 g/mol. The quantitative estimate of drug-likeness (QED) is 0.223. The number of carbonyl (C=O) groups excluding carboxylic acids is 1. The van der Waals surface area contributed by atoms with Crippen molar-refractivity contribution in [2.75, 3.05) is 52.8 Å². The Morgan fingerprint density at radius 2 is 1.56 bits per heavy atom. The molecule has 0 spiro atoms. The van der Waals surface area contributed by atoms with Gasteiger partial charge in [-0.25, -0.2) is 0 Å². The molecule has 0 aromatic heterocycles. The van der Waals surface area contributed by atoms with Gasteiger partial charge in [0.15, 0.2) is 0 Å². The SMILES string of the molecule is CC(C)(C)OCCCCCC(=O)NCCCOCCC1CCCCCC(OCCOCCO)CCC1. The van der Waals surface area contributed by atoms with Crippen LogP contribution in [0.1, 0.15) is 111 Å². The van der Waals surface area contributed by atoms with Crippen LogP contribution in [-0.4, -0.2) is 75.5 Å². The van der Waals surface area contributed by atoms with Crippen LogP contribution in [0.15, 0.2) is 0 Å². The average molecular weight is 516 g/mol. The molecule has 0 bridgehead atoms. The van der Waals surface area contributed by atoms with Gasteiger partial charge in [0.05, 0.1) is 38.1 Å². The lowest BCUT2D eigenvalue weighted by Crippen LogP contribution is -2.25. The molecule has 7 nitrogen and oxygen atoms in total. The van der Waals surface area contributed by atoms with Crippen molar-refractivity contribution in [1.82, 2.24) is 5.32 Å². The first kappa shape index (κ1) is 33.3. The second-order valence-corrected chi connectivity index (χ2v) is 11.1. The number of aliphatic hydroxyl groups excluding tert-OH is 1. The molecule has 0 radical (unpaired) electrons. The highest BCUT2D eigenvalue weighted by molar-refractivity contribution is 5.75. The van der Waals surface area contributed by atoms with Gasteiger partial charge in [0.2, 0.25) is 5.91 Å². The molecule has 1 rings (SSSR count). The molecule has 2 unspecified atom stereocenters. The summed E-state index contributed by atoms with van der Waals surface area (Å²) in [6, 6.07) is 0. The van der Waals surface area contributed by atoms with Crippen LogP contribution in [0.25, 0.3) is 0 Å². The van der Waals surface area contributed by atoms with Gasteiger partial charge in [-0.05, 0) is 65.2 Å². The van der Waals surface area contributed by atoms with Crippen LogP contribution in [0.4, 0.5) is 0 Å². The Balaban J connectivity index is 2.00. The van der Waals surface area contributed by atoms with Crippen molar-refractivity contribution in [3.8, 4) is 0 Å². The maximum absolute atomic E-state index is 12.0. The Labute approximate surface area is 221 Å². The van der Waals surface area contributed by atoms with Crippen LogP contribution >= 0.6 is 0 Å². The molecule has 0 aromatic carbocycles. The summed E-state index contributed by atoms with van der Waals surface area (Å²) in [4.78, 5) is 12.0. The van der Waals surface area contributed by atoms with Gasteiger partial charge in [0, 0.05) is 32.8 Å². The first-order chi connectivity index (χ1) is 17.4. The zero-order valence-corrected chi connectivity index (χ0v) is 23.7. The van der Waals surface area contributed by atoms with Crippen LogP contribution in [0.5, 0.6) is 0 Å². The predicted octanol–water partition coefficient (Wildman–Crippen LogP) is 5.42. The lowest BCUT2D eigenvalue weighted by molar-refractivity contribution is -0.121. The van der Waals surface area contributed by atoms with Crippen molar-refractivity contribution < 1.29 is 28.8 Å². The number of ether oxygens (including phenoxy) is 4. The molecule has 2 N–H and O–H groups in total. The number of amides is 1. The van der Waals surface area contributed by atoms with E-state index in [1.807, 2.05) is 0 Å². The van der Waals surface area contributed by atoms with Gasteiger partial charge in [0.1, 0.15) is 0 Å². The van der Waals surface area contributed by atoms with Crippen LogP contribution in [0.3, 0.4) is 0 Å². The lowest BCUT2D eigenvalue weighted by Gasteiger charge is -2.23. The maximum atomic E-state index is 12.0. The molecule has 0 aromatic rings. The van der Waals surface area contributed by atoms with Crippen molar-refractivity contribution in [2.24, 2.45) is 5.92 Å². The third-order valence-electron chi connectivity index (χ3n) is 6.64. The van der Waals surface area contributed by atoms with Gasteiger partial charge in [-0.1, -0.05) is 44.9 Å². The lowest BCUT2D eigenvalue weighted by atomic mass is 9.89. The Morgan fingerprint density at radius 1 is 0.806 bits per heavy atom. The number of rotatable bonds is 19. The van der Waals surface area contributed by atoms with Crippen LogP contribution in [0, 0.1) is 5.92 Å². The molecule has 0 aliphatic heterocycles. The molecule has 2 atom stereocenters. The molecule has 214 valence electrons. The van der Waals surface area contributed by atoms with E-state index >= 15 is 0 Å². The van der Waals surface area contributed by atoms with Crippen molar-refractivity contribution in [3.05, 3.63) is 0 Å². The number of hydrogen-bond acceptors (Lipinski definition) is 6. The van der Waals surface area contributed by atoms with Crippen molar-refractivity contribution >= 4 is 5.91 Å². The minimum absolute atomic E-state index is 0.0696. The van der Waals surface area contributed by atoms with Crippen molar-refractivity contribution in [3.63, 3.8) is 0 Å². The van der Waals surface area contributed by atoms with E-state index in [0.29, 0.717) is 45.5 Å². The van der Waals surface area contributed by atoms with Gasteiger partial charge in [0.25, 0.3) is 0 Å². The zero-order chi connectivity index (χ0) is 26.3. The Hall–Kier alpha value is -0.730. The molecule has 1 saturated carbocycles. The normalized spacial score (nSPS) is 19.8. The number of carbonyl (C=O) groups is 1. The summed E-state index contributed by atoms with van der Waals surface area (Å²) in [7, 11) is 0. The Bertz CT molecular complexity index is 510. The van der Waals surface area contributed by atoms with E-state index in [4.69, 9.17) is 24.1 Å². The minimum Gasteiger partial charge on any atom is -0.394 e. The van der Waals surface area contributed by atoms with Crippen LogP contribution < -0.4 is 5.32 Å². The highest BCUT2D eigenvalue weighted by atomic mass is 16.5. The summed E-state index contributed by atoms with van der Waals surface area (Å²) >= 11 is 0. The fraction of sp³-hybridized carbons (Fsp3) is 0.966. The third kappa shape index (κ3) is 21.4. The van der Waals surface area contributed by atoms with Crippen LogP contribution in [0.2, 0.25) is 0 Å². The van der Waals surface area contributed by atoms with Crippen molar-refractivity contribution in [2.45, 2.75) is 122 Å². The predicted molar refractivity (Wildman–Crippen MR) is 145 cm³/mol. The largest absolute Gasteiger partial charge is 0.394 e. The van der Waals surface area contributed by atoms with Gasteiger partial charge in [-0.2, -0.15) is 0 Å². The summed E-state index contributed by atoms with van der Waals surface area (Å²) < 4.78 is 22.9. The smallest absolute Gasteiger partial charge is 0.219 e. The molecular formula is C29H57NO6. The van der Waals surface area contributed by atoms with E-state index in [1.54, 1.807) is 0 Å². The van der Waals surface area contributed by atoms with Gasteiger partial charge in [-0.3, -0.25) is 4.79 Å². The molecule has 1 amide bonds. The fourth-order valence-electron chi connectivity index (χ4n) is 4.59. The summed E-state index contributed by atoms with van der Waals surface area (Å²) in [5.74, 6) is 0.887. The van der Waals surface area contributed by atoms with Gasteiger partial charge in [-0.15, -0.1) is 0 Å². The molecule has 1 aliphatic carbocycles. The average Bonchev–Trinajstić information content (AvgIpc) is 2.83. The maximum Gasteiger partial charge on any atom is 0.219 e. The first-order valence-electron chi connectivity index (χ1n) is 14.7. The fourth-order valence-corrected chi connectivity index (χ4v) is 4.59. The van der Waals surface area contributed by atoms with E-state index in [2.05, 4.69) is 26.1 Å². The number of aliphatic hydroxyl groups is 1. The van der Waals surface area contributed by atoms with Gasteiger partial charge < -0.3 is 29.4 Å². The first-order valence-corrected chi connectivity index (χ1v) is 14.7. The number of unbranched alkanes of at least 4 members (excludes halogenated alkanes) is 2. The molecule has 1 fully saturated rings. The number of nitrogens with one attached hydrogen (secondary N) is 1. The van der Waals surface area contributed by atoms with Crippen LogP contribution in [-0.2, 0) is 23.7 Å². The molecule has 1 aliphatic rings. The second kappa shape index (κ2) is 22.3. The highest BCUT2D eigenvalue weighted by Gasteiger charge is 2.15. The minimum atomic E-state index is -0.0790. The molecule has 36 heavy (non-hydrogen) atoms. The Kier molecular flexibility index (Phi) is 20.6. The molecule has 0 heterocycles. The summed E-state index contributed by atoms with van der Waals surface area (Å²) in [6.07, 6.45) is 15.8. The monoisotopic (exact) mass is 515 g/mol. The molecule has 7 heteroatoms. The van der Waals surface area contributed by atoms with E-state index in [9.17, 15) is 4.79 Å². The van der Waals surface area contributed by atoms with E-state index < -0.39 is 0 Å². The topological polar surface area (TPSA) is 86.3 Å². The molecule has 0 saturated heterocycles. The highest BCUT2D eigenvalue weighted by Crippen LogP contribution is 2.25. The zero-order valence-electron chi connectivity index (χ0n) is 23.7. The number of hydrogen-bond donors (Lipinski definition) is 2. The standard InChI is InChI=1S/C29H57NO6/c1-29(2,3)36-21-9-5-8-16-28(32)30-18-11-20-33-22-17-26-12-6-4-7-14-27(15-10-13-26)35-25-24-34-23-19-31/h26-27,31H,4-25H2,1-3H3,(H,30,32). The Morgan fingerprint density at radius 3 is 2.36 bits per heavy atom. The van der Waals surface area contributed by atoms with Gasteiger partial charge >= 0.3 is 0 Å². The van der Waals surface area contributed by atoms with E-state index in [-0.39, 0.29) is 18.1 Å². The van der Waals surface area contributed by atoms with Crippen molar-refractivity contribution in [1.29, 1.82) is 0 Å².